The third-order valence-corrected chi connectivity index (χ3v) is 5.16. The Balaban J connectivity index is 1.38. The van der Waals surface area contributed by atoms with Crippen molar-refractivity contribution in [1.82, 2.24) is 4.98 Å². The molecule has 0 unspecified atom stereocenters. The predicted octanol–water partition coefficient (Wildman–Crippen LogP) is 4.10. The van der Waals surface area contributed by atoms with Gasteiger partial charge in [-0.05, 0) is 61.6 Å². The van der Waals surface area contributed by atoms with Crippen molar-refractivity contribution in [3.63, 3.8) is 0 Å². The van der Waals surface area contributed by atoms with Crippen LogP contribution in [-0.2, 0) is 16.0 Å². The number of carbonyl (C=O) groups is 2. The van der Waals surface area contributed by atoms with E-state index in [1.807, 2.05) is 6.07 Å². The second-order valence-electron chi connectivity index (χ2n) is 6.69. The van der Waals surface area contributed by atoms with Gasteiger partial charge in [-0.15, -0.1) is 0 Å². The van der Waals surface area contributed by atoms with Crippen molar-refractivity contribution >= 4 is 29.1 Å². The first-order valence-corrected chi connectivity index (χ1v) is 9.45. The molecule has 1 aromatic heterocycles. The lowest BCUT2D eigenvalue weighted by atomic mass is 9.93. The maximum atomic E-state index is 12.6. The maximum Gasteiger partial charge on any atom is 0.261 e. The lowest BCUT2D eigenvalue weighted by molar-refractivity contribution is -0.120. The molecule has 0 bridgehead atoms. The number of hydrogen-bond acceptors (Lipinski definition) is 4. The molecule has 1 aliphatic carbocycles. The van der Waals surface area contributed by atoms with Gasteiger partial charge in [-0.2, -0.15) is 0 Å². The van der Waals surface area contributed by atoms with E-state index in [0.29, 0.717) is 53.6 Å². The summed E-state index contributed by atoms with van der Waals surface area (Å²) in [4.78, 5) is 30.5. The fraction of sp³-hybridized carbons (Fsp3) is 0.286. The van der Waals surface area contributed by atoms with Gasteiger partial charge in [0.25, 0.3) is 11.8 Å². The largest absolute Gasteiger partial charge is 0.493 e. The molecule has 27 heavy (non-hydrogen) atoms. The molecule has 1 aliphatic heterocycles. The zero-order chi connectivity index (χ0) is 18.8. The van der Waals surface area contributed by atoms with Crippen molar-refractivity contribution < 1.29 is 14.3 Å². The summed E-state index contributed by atoms with van der Waals surface area (Å²) in [5.74, 6) is 0.356. The van der Waals surface area contributed by atoms with Gasteiger partial charge in [0.2, 0.25) is 0 Å². The van der Waals surface area contributed by atoms with Crippen molar-refractivity contribution in [2.24, 2.45) is 0 Å². The monoisotopic (exact) mass is 382 g/mol. The van der Waals surface area contributed by atoms with Crippen LogP contribution >= 0.6 is 11.6 Å². The Morgan fingerprint density at radius 3 is 2.22 bits per heavy atom. The van der Waals surface area contributed by atoms with Crippen molar-refractivity contribution in [3.8, 4) is 5.75 Å². The highest BCUT2D eigenvalue weighted by molar-refractivity contribution is 6.33. The number of aromatic nitrogens is 1. The highest BCUT2D eigenvalue weighted by atomic mass is 35.5. The van der Waals surface area contributed by atoms with Gasteiger partial charge < -0.3 is 4.74 Å². The summed E-state index contributed by atoms with van der Waals surface area (Å²) >= 11 is 5.77. The Morgan fingerprint density at radius 2 is 1.63 bits per heavy atom. The van der Waals surface area contributed by atoms with Crippen molar-refractivity contribution in [2.45, 2.75) is 32.1 Å². The van der Waals surface area contributed by atoms with Crippen molar-refractivity contribution in [1.29, 1.82) is 0 Å². The summed E-state index contributed by atoms with van der Waals surface area (Å²) in [5.41, 5.74) is 3.03. The van der Waals surface area contributed by atoms with Crippen LogP contribution in [0, 0.1) is 0 Å². The highest BCUT2D eigenvalue weighted by Crippen LogP contribution is 2.35. The number of hydrogen-bond donors (Lipinski definition) is 0. The topological polar surface area (TPSA) is 59.5 Å². The molecule has 138 valence electrons. The van der Waals surface area contributed by atoms with Crippen LogP contribution in [0.2, 0.25) is 5.15 Å². The lowest BCUT2D eigenvalue weighted by Gasteiger charge is -2.15. The Hall–Kier alpha value is -2.66. The zero-order valence-electron chi connectivity index (χ0n) is 14.8. The van der Waals surface area contributed by atoms with Gasteiger partial charge in [-0.25, -0.2) is 9.88 Å². The van der Waals surface area contributed by atoms with Gasteiger partial charge in [0, 0.05) is 23.8 Å². The molecule has 0 radical (unpaired) electrons. The smallest absolute Gasteiger partial charge is 0.261 e. The molecule has 0 spiro atoms. The highest BCUT2D eigenvalue weighted by Gasteiger charge is 2.39. The van der Waals surface area contributed by atoms with Crippen LogP contribution in [0.4, 0.5) is 5.69 Å². The first kappa shape index (κ1) is 17.7. The average Bonchev–Trinajstić information content (AvgIpc) is 2.95. The molecule has 2 amide bonds. The van der Waals surface area contributed by atoms with E-state index in [0.717, 1.165) is 18.4 Å². The molecular weight excluding hydrogens is 364 g/mol. The van der Waals surface area contributed by atoms with E-state index < -0.39 is 0 Å². The predicted molar refractivity (Wildman–Crippen MR) is 103 cm³/mol. The first-order chi connectivity index (χ1) is 13.1. The molecule has 2 aliphatic rings. The normalized spacial score (nSPS) is 16.7. The van der Waals surface area contributed by atoms with Crippen LogP contribution in [0.15, 0.2) is 53.7 Å². The first-order valence-electron chi connectivity index (χ1n) is 9.07. The lowest BCUT2D eigenvalue weighted by Crippen LogP contribution is -2.31. The van der Waals surface area contributed by atoms with Gasteiger partial charge in [0.1, 0.15) is 10.9 Å². The van der Waals surface area contributed by atoms with E-state index in [4.69, 9.17) is 16.3 Å². The summed E-state index contributed by atoms with van der Waals surface area (Å²) in [5, 5.41) is 0.470. The number of benzene rings is 1. The van der Waals surface area contributed by atoms with Crippen LogP contribution in [-0.4, -0.2) is 23.4 Å². The maximum absolute atomic E-state index is 12.6. The molecule has 0 N–H and O–H groups in total. The third kappa shape index (κ3) is 3.60. The van der Waals surface area contributed by atoms with Crippen LogP contribution in [0.5, 0.6) is 5.75 Å². The summed E-state index contributed by atoms with van der Waals surface area (Å²) in [6.45, 7) is 0.500. The number of anilines is 1. The number of halogens is 1. The summed E-state index contributed by atoms with van der Waals surface area (Å²) in [7, 11) is 0. The Morgan fingerprint density at radius 1 is 0.963 bits per heavy atom. The molecule has 0 fully saturated rings. The SMILES string of the molecule is O=C1C2=C(CCCC2)C(=O)N1c1ccc(OCCc2ccc(Cl)nc2)cc1. The summed E-state index contributed by atoms with van der Waals surface area (Å²) < 4.78 is 5.75. The molecule has 1 aromatic carbocycles. The molecule has 2 heterocycles. The van der Waals surface area contributed by atoms with Gasteiger partial charge in [0.05, 0.1) is 12.3 Å². The molecule has 2 aromatic rings. The van der Waals surface area contributed by atoms with E-state index in [1.54, 1.807) is 36.5 Å². The second kappa shape index (κ2) is 7.53. The molecule has 4 rings (SSSR count). The fourth-order valence-electron chi connectivity index (χ4n) is 3.51. The van der Waals surface area contributed by atoms with E-state index in [1.165, 1.54) is 4.90 Å². The van der Waals surface area contributed by atoms with E-state index in [-0.39, 0.29) is 11.8 Å². The molecule has 0 atom stereocenters. The van der Waals surface area contributed by atoms with E-state index in [2.05, 4.69) is 4.98 Å². The number of carbonyl (C=O) groups excluding carboxylic acids is 2. The second-order valence-corrected chi connectivity index (χ2v) is 7.08. The van der Waals surface area contributed by atoms with Crippen LogP contribution in [0.1, 0.15) is 31.2 Å². The number of ether oxygens (including phenoxy) is 1. The summed E-state index contributed by atoms with van der Waals surface area (Å²) in [6.07, 6.45) is 5.80. The van der Waals surface area contributed by atoms with Crippen LogP contribution in [0.3, 0.4) is 0 Å². The Bertz CT molecular complexity index is 876. The minimum Gasteiger partial charge on any atom is -0.493 e. The fourth-order valence-corrected chi connectivity index (χ4v) is 3.62. The average molecular weight is 383 g/mol. The minimum atomic E-state index is -0.168. The molecular formula is C21H19ClN2O3. The van der Waals surface area contributed by atoms with Gasteiger partial charge in [0.15, 0.2) is 0 Å². The summed E-state index contributed by atoms with van der Waals surface area (Å²) in [6, 6.07) is 10.8. The number of pyridine rings is 1. The van der Waals surface area contributed by atoms with Crippen molar-refractivity contribution in [3.05, 3.63) is 64.5 Å². The van der Waals surface area contributed by atoms with Gasteiger partial charge in [-0.1, -0.05) is 17.7 Å². The van der Waals surface area contributed by atoms with Crippen molar-refractivity contribution in [2.75, 3.05) is 11.5 Å². The number of rotatable bonds is 5. The quantitative estimate of drug-likeness (QED) is 0.577. The number of nitrogens with zero attached hydrogens (tertiary/aromatic N) is 2. The standard InChI is InChI=1S/C21H19ClN2O3/c22-19-10-5-14(13-23-19)11-12-27-16-8-6-15(7-9-16)24-20(25)17-3-1-2-4-18(17)21(24)26/h5-10,13H,1-4,11-12H2. The minimum absolute atomic E-state index is 0.168. The molecule has 0 saturated carbocycles. The zero-order valence-corrected chi connectivity index (χ0v) is 15.5. The number of imide groups is 1. The third-order valence-electron chi connectivity index (χ3n) is 4.93. The Kier molecular flexibility index (Phi) is 4.94. The molecule has 0 saturated heterocycles. The molecule has 5 nitrogen and oxygen atoms in total. The Labute approximate surface area is 162 Å². The molecule has 6 heteroatoms. The van der Waals surface area contributed by atoms with Crippen LogP contribution < -0.4 is 9.64 Å². The van der Waals surface area contributed by atoms with Crippen LogP contribution in [0.25, 0.3) is 0 Å². The number of amides is 2. The van der Waals surface area contributed by atoms with E-state index >= 15 is 0 Å². The van der Waals surface area contributed by atoms with Gasteiger partial charge >= 0.3 is 0 Å². The van der Waals surface area contributed by atoms with Gasteiger partial charge in [-0.3, -0.25) is 9.59 Å². The van der Waals surface area contributed by atoms with E-state index in [9.17, 15) is 9.59 Å².